The van der Waals surface area contributed by atoms with Gasteiger partial charge in [0, 0.05) is 18.7 Å². The largest absolute Gasteiger partial charge is 0.481 e. The first-order chi connectivity index (χ1) is 19.6. The van der Waals surface area contributed by atoms with E-state index in [1.165, 1.54) is 6.92 Å². The van der Waals surface area contributed by atoms with Crippen molar-refractivity contribution in [3.63, 3.8) is 0 Å². The van der Waals surface area contributed by atoms with Crippen molar-refractivity contribution in [1.29, 1.82) is 0 Å². The van der Waals surface area contributed by atoms with Crippen LogP contribution in [0.1, 0.15) is 64.0 Å². The third-order valence-electron chi connectivity index (χ3n) is 6.74. The summed E-state index contributed by atoms with van der Waals surface area (Å²) in [4.78, 5) is 60.8. The standard InChI is InChI=1S/C31H42N4O6/c1-4-5-10-21(2)26(19-29(38)39)31(41)32-16-15-27(36)34-22(3)30(40)33-20-28(37)35-25-14-9-13-24(18-25)17-23-11-7-6-8-12-23/h6-9,11-14,18,21-22,26H,4-5,10,15-17,19-20H2,1-3H3,(H,32,41)(H,33,40)(H,34,36)(H,35,37)(H,38,39). The number of aliphatic carboxylic acids is 1. The maximum Gasteiger partial charge on any atom is 0.304 e. The van der Waals surface area contributed by atoms with E-state index in [0.717, 1.165) is 36.8 Å². The van der Waals surface area contributed by atoms with Gasteiger partial charge in [-0.05, 0) is 48.9 Å². The topological polar surface area (TPSA) is 154 Å². The predicted octanol–water partition coefficient (Wildman–Crippen LogP) is 3.26. The fraction of sp³-hybridized carbons (Fsp3) is 0.452. The summed E-state index contributed by atoms with van der Waals surface area (Å²) >= 11 is 0. The Kier molecular flexibility index (Phi) is 14.1. The number of carboxylic acid groups (broad SMARTS) is 1. The van der Waals surface area contributed by atoms with E-state index in [2.05, 4.69) is 21.3 Å². The third-order valence-corrected chi connectivity index (χ3v) is 6.74. The Morgan fingerprint density at radius 1 is 0.854 bits per heavy atom. The first-order valence-corrected chi connectivity index (χ1v) is 14.1. The van der Waals surface area contributed by atoms with Gasteiger partial charge < -0.3 is 26.4 Å². The van der Waals surface area contributed by atoms with E-state index >= 15 is 0 Å². The summed E-state index contributed by atoms with van der Waals surface area (Å²) in [7, 11) is 0. The second-order valence-corrected chi connectivity index (χ2v) is 10.3. The Morgan fingerprint density at radius 3 is 2.24 bits per heavy atom. The molecule has 4 amide bonds. The zero-order valence-corrected chi connectivity index (χ0v) is 24.1. The van der Waals surface area contributed by atoms with Gasteiger partial charge in [-0.15, -0.1) is 0 Å². The van der Waals surface area contributed by atoms with E-state index < -0.39 is 41.6 Å². The SMILES string of the molecule is CCCCC(C)C(CC(=O)O)C(=O)NCCC(=O)NC(C)C(=O)NCC(=O)Nc1cccc(Cc2ccccc2)c1. The lowest BCUT2D eigenvalue weighted by molar-refractivity contribution is -0.142. The monoisotopic (exact) mass is 566 g/mol. The van der Waals surface area contributed by atoms with Gasteiger partial charge in [0.25, 0.3) is 0 Å². The zero-order valence-electron chi connectivity index (χ0n) is 24.1. The Hall–Kier alpha value is -4.21. The summed E-state index contributed by atoms with van der Waals surface area (Å²) in [5.74, 6) is -3.60. The molecule has 0 heterocycles. The van der Waals surface area contributed by atoms with Crippen LogP contribution in [0.4, 0.5) is 5.69 Å². The number of benzene rings is 2. The normalized spacial score (nSPS) is 12.9. The van der Waals surface area contributed by atoms with Crippen LogP contribution in [-0.2, 0) is 30.4 Å². The van der Waals surface area contributed by atoms with Crippen LogP contribution < -0.4 is 21.3 Å². The van der Waals surface area contributed by atoms with Gasteiger partial charge in [-0.25, -0.2) is 0 Å². The zero-order chi connectivity index (χ0) is 30.2. The van der Waals surface area contributed by atoms with Crippen molar-refractivity contribution in [2.75, 3.05) is 18.4 Å². The molecule has 10 nitrogen and oxygen atoms in total. The highest BCUT2D eigenvalue weighted by Crippen LogP contribution is 2.22. The van der Waals surface area contributed by atoms with Gasteiger partial charge >= 0.3 is 5.97 Å². The number of amides is 4. The lowest BCUT2D eigenvalue weighted by atomic mass is 9.86. The van der Waals surface area contributed by atoms with Crippen LogP contribution in [0.2, 0.25) is 0 Å². The van der Waals surface area contributed by atoms with E-state index in [-0.39, 0.29) is 31.8 Å². The molecule has 0 saturated carbocycles. The molecule has 2 rings (SSSR count). The molecule has 0 radical (unpaired) electrons. The number of hydrogen-bond donors (Lipinski definition) is 5. The van der Waals surface area contributed by atoms with E-state index in [4.69, 9.17) is 0 Å². The van der Waals surface area contributed by atoms with Gasteiger partial charge in [0.05, 0.1) is 18.9 Å². The summed E-state index contributed by atoms with van der Waals surface area (Å²) in [6.45, 7) is 5.13. The number of anilines is 1. The van der Waals surface area contributed by atoms with Crippen LogP contribution in [0, 0.1) is 11.8 Å². The minimum atomic E-state index is -1.05. The molecule has 0 spiro atoms. The highest BCUT2D eigenvalue weighted by atomic mass is 16.4. The predicted molar refractivity (Wildman–Crippen MR) is 157 cm³/mol. The highest BCUT2D eigenvalue weighted by molar-refractivity contribution is 5.96. The summed E-state index contributed by atoms with van der Waals surface area (Å²) < 4.78 is 0. The van der Waals surface area contributed by atoms with Crippen LogP contribution in [0.5, 0.6) is 0 Å². The molecule has 3 unspecified atom stereocenters. The van der Waals surface area contributed by atoms with Crippen LogP contribution in [0.15, 0.2) is 54.6 Å². The van der Waals surface area contributed by atoms with Crippen molar-refractivity contribution in [2.24, 2.45) is 11.8 Å². The lowest BCUT2D eigenvalue weighted by Crippen LogP contribution is -2.47. The number of carbonyl (C=O) groups excluding carboxylic acids is 4. The Labute approximate surface area is 241 Å². The van der Waals surface area contributed by atoms with E-state index in [0.29, 0.717) is 5.69 Å². The van der Waals surface area contributed by atoms with Crippen molar-refractivity contribution >= 4 is 35.3 Å². The molecule has 3 atom stereocenters. The van der Waals surface area contributed by atoms with Crippen molar-refractivity contribution < 1.29 is 29.1 Å². The summed E-state index contributed by atoms with van der Waals surface area (Å²) in [5.41, 5.74) is 2.81. The molecular weight excluding hydrogens is 524 g/mol. The Balaban J connectivity index is 1.73. The molecule has 41 heavy (non-hydrogen) atoms. The van der Waals surface area contributed by atoms with Crippen LogP contribution in [0.3, 0.4) is 0 Å². The molecular formula is C31H42N4O6. The van der Waals surface area contributed by atoms with Crippen molar-refractivity contribution in [2.45, 2.75) is 65.3 Å². The molecule has 0 aliphatic heterocycles. The average molecular weight is 567 g/mol. The van der Waals surface area contributed by atoms with Crippen LogP contribution in [-0.4, -0.2) is 53.8 Å². The summed E-state index contributed by atoms with van der Waals surface area (Å²) in [5, 5.41) is 19.6. The molecule has 2 aromatic carbocycles. The molecule has 10 heteroatoms. The molecule has 0 aromatic heterocycles. The minimum absolute atomic E-state index is 0.0152. The fourth-order valence-corrected chi connectivity index (χ4v) is 4.39. The van der Waals surface area contributed by atoms with Gasteiger partial charge in [-0.3, -0.25) is 24.0 Å². The summed E-state index contributed by atoms with van der Waals surface area (Å²) in [6.07, 6.45) is 2.97. The fourth-order valence-electron chi connectivity index (χ4n) is 4.39. The quantitative estimate of drug-likeness (QED) is 0.198. The van der Waals surface area contributed by atoms with E-state index in [1.54, 1.807) is 6.07 Å². The Bertz CT molecular complexity index is 1170. The number of hydrogen-bond acceptors (Lipinski definition) is 5. The summed E-state index contributed by atoms with van der Waals surface area (Å²) in [6, 6.07) is 16.5. The number of unbranched alkanes of at least 4 members (excludes halogenated alkanes) is 1. The number of carbonyl (C=O) groups is 5. The van der Waals surface area contributed by atoms with Crippen molar-refractivity contribution in [1.82, 2.24) is 16.0 Å². The van der Waals surface area contributed by atoms with Gasteiger partial charge in [-0.1, -0.05) is 69.2 Å². The number of nitrogens with one attached hydrogen (secondary N) is 4. The van der Waals surface area contributed by atoms with Gasteiger partial charge in [0.1, 0.15) is 6.04 Å². The first-order valence-electron chi connectivity index (χ1n) is 14.1. The molecule has 0 saturated heterocycles. The molecule has 2 aromatic rings. The van der Waals surface area contributed by atoms with Gasteiger partial charge in [-0.2, -0.15) is 0 Å². The third kappa shape index (κ3) is 12.7. The second-order valence-electron chi connectivity index (χ2n) is 10.3. The minimum Gasteiger partial charge on any atom is -0.481 e. The molecule has 222 valence electrons. The van der Waals surface area contributed by atoms with Crippen LogP contribution in [0.25, 0.3) is 0 Å². The molecule has 0 aliphatic carbocycles. The van der Waals surface area contributed by atoms with Crippen LogP contribution >= 0.6 is 0 Å². The smallest absolute Gasteiger partial charge is 0.304 e. The maximum atomic E-state index is 12.6. The van der Waals surface area contributed by atoms with E-state index in [9.17, 15) is 29.1 Å². The van der Waals surface area contributed by atoms with Crippen molar-refractivity contribution in [3.05, 3.63) is 65.7 Å². The number of carboxylic acids is 1. The molecule has 0 fully saturated rings. The highest BCUT2D eigenvalue weighted by Gasteiger charge is 2.27. The van der Waals surface area contributed by atoms with Crippen molar-refractivity contribution in [3.8, 4) is 0 Å². The average Bonchev–Trinajstić information content (AvgIpc) is 2.93. The lowest BCUT2D eigenvalue weighted by Gasteiger charge is -2.22. The molecule has 0 bridgehead atoms. The number of rotatable bonds is 17. The molecule has 0 aliphatic rings. The molecule has 5 N–H and O–H groups in total. The van der Waals surface area contributed by atoms with Gasteiger partial charge in [0.15, 0.2) is 0 Å². The Morgan fingerprint density at radius 2 is 1.56 bits per heavy atom. The first kappa shape index (κ1) is 33.0. The van der Waals surface area contributed by atoms with E-state index in [1.807, 2.05) is 62.4 Å². The van der Waals surface area contributed by atoms with Gasteiger partial charge in [0.2, 0.25) is 23.6 Å². The second kappa shape index (κ2) is 17.5. The maximum absolute atomic E-state index is 12.6.